The average molecular weight is 340 g/mol. The molecule has 2 aromatic rings. The van der Waals surface area contributed by atoms with Gasteiger partial charge in [-0.25, -0.2) is 4.79 Å². The quantitative estimate of drug-likeness (QED) is 0.870. The van der Waals surface area contributed by atoms with Crippen molar-refractivity contribution in [3.63, 3.8) is 0 Å². The van der Waals surface area contributed by atoms with Gasteiger partial charge in [0.2, 0.25) is 0 Å². The Kier molecular flexibility index (Phi) is 5.25. The van der Waals surface area contributed by atoms with Crippen molar-refractivity contribution in [1.82, 2.24) is 0 Å². The number of aliphatic carboxylic acids is 1. The van der Waals surface area contributed by atoms with E-state index < -0.39 is 12.6 Å². The lowest BCUT2D eigenvalue weighted by molar-refractivity contribution is -0.139. The minimum Gasteiger partial charge on any atom is -0.482 e. The van der Waals surface area contributed by atoms with Crippen LogP contribution in [-0.4, -0.2) is 23.6 Å². The number of carboxylic acid groups (broad SMARTS) is 1. The predicted octanol–water partition coefficient (Wildman–Crippen LogP) is 3.71. The zero-order valence-electron chi connectivity index (χ0n) is 11.2. The van der Waals surface area contributed by atoms with Crippen molar-refractivity contribution in [2.75, 3.05) is 11.9 Å². The van der Waals surface area contributed by atoms with Gasteiger partial charge in [0.05, 0.1) is 10.7 Å². The van der Waals surface area contributed by atoms with Crippen LogP contribution in [0.4, 0.5) is 5.69 Å². The van der Waals surface area contributed by atoms with Crippen molar-refractivity contribution >= 4 is 40.8 Å². The van der Waals surface area contributed by atoms with Gasteiger partial charge in [0.25, 0.3) is 5.91 Å². The highest BCUT2D eigenvalue weighted by molar-refractivity contribution is 6.35. The second-order valence-electron chi connectivity index (χ2n) is 4.29. The van der Waals surface area contributed by atoms with E-state index >= 15 is 0 Å². The van der Waals surface area contributed by atoms with Crippen LogP contribution in [0.5, 0.6) is 5.75 Å². The van der Waals surface area contributed by atoms with E-state index in [0.717, 1.165) is 0 Å². The normalized spacial score (nSPS) is 10.1. The minimum absolute atomic E-state index is 0.361. The average Bonchev–Trinajstić information content (AvgIpc) is 2.49. The number of anilines is 1. The largest absolute Gasteiger partial charge is 0.482 e. The number of hydrogen-bond acceptors (Lipinski definition) is 3. The number of nitrogens with one attached hydrogen (secondary N) is 1. The number of halogens is 2. The molecule has 0 heterocycles. The molecule has 0 spiro atoms. The Morgan fingerprint density at radius 2 is 1.77 bits per heavy atom. The molecule has 0 fully saturated rings. The van der Waals surface area contributed by atoms with Gasteiger partial charge in [-0.15, -0.1) is 0 Å². The Bertz CT molecular complexity index is 701. The molecular weight excluding hydrogens is 329 g/mol. The SMILES string of the molecule is O=C(O)COc1ccc(C(=O)Nc2cc(Cl)ccc2Cl)cc1. The molecule has 2 rings (SSSR count). The van der Waals surface area contributed by atoms with E-state index in [1.165, 1.54) is 24.3 Å². The summed E-state index contributed by atoms with van der Waals surface area (Å²) < 4.78 is 4.99. The standard InChI is InChI=1S/C15H11Cl2NO4/c16-10-3-6-12(17)13(7-10)18-15(21)9-1-4-11(5-2-9)22-8-14(19)20/h1-7H,8H2,(H,18,21)(H,19,20). The summed E-state index contributed by atoms with van der Waals surface area (Å²) in [6, 6.07) is 10.8. The Balaban J connectivity index is 2.06. The maximum atomic E-state index is 12.1. The lowest BCUT2D eigenvalue weighted by atomic mass is 10.2. The third kappa shape index (κ3) is 4.38. The number of amides is 1. The molecule has 0 saturated carbocycles. The van der Waals surface area contributed by atoms with Gasteiger partial charge < -0.3 is 15.2 Å². The molecule has 114 valence electrons. The first-order valence-electron chi connectivity index (χ1n) is 6.17. The predicted molar refractivity (Wildman–Crippen MR) is 84.0 cm³/mol. The maximum Gasteiger partial charge on any atom is 0.341 e. The fraction of sp³-hybridized carbons (Fsp3) is 0.0667. The third-order valence-corrected chi connectivity index (χ3v) is 3.22. The molecule has 0 aliphatic carbocycles. The molecule has 0 atom stereocenters. The Hall–Kier alpha value is -2.24. The van der Waals surface area contributed by atoms with Gasteiger partial charge in [0.15, 0.2) is 6.61 Å². The van der Waals surface area contributed by atoms with Crippen LogP contribution in [-0.2, 0) is 4.79 Å². The van der Waals surface area contributed by atoms with E-state index in [1.807, 2.05) is 0 Å². The van der Waals surface area contributed by atoms with Crippen LogP contribution in [0, 0.1) is 0 Å². The van der Waals surface area contributed by atoms with Crippen molar-refractivity contribution in [2.24, 2.45) is 0 Å². The summed E-state index contributed by atoms with van der Waals surface area (Å²) in [4.78, 5) is 22.5. The van der Waals surface area contributed by atoms with Gasteiger partial charge in [0, 0.05) is 10.6 Å². The molecule has 5 nitrogen and oxygen atoms in total. The molecule has 0 aliphatic rings. The number of carboxylic acids is 1. The Morgan fingerprint density at radius 1 is 1.09 bits per heavy atom. The van der Waals surface area contributed by atoms with E-state index in [0.29, 0.717) is 27.0 Å². The smallest absolute Gasteiger partial charge is 0.341 e. The van der Waals surface area contributed by atoms with E-state index in [2.05, 4.69) is 5.32 Å². The molecule has 0 radical (unpaired) electrons. The summed E-state index contributed by atoms with van der Waals surface area (Å²) in [6.07, 6.45) is 0. The lowest BCUT2D eigenvalue weighted by Crippen LogP contribution is -2.12. The molecule has 0 aliphatic heterocycles. The Labute approximate surface area is 136 Å². The second-order valence-corrected chi connectivity index (χ2v) is 5.13. The summed E-state index contributed by atoms with van der Waals surface area (Å²) in [6.45, 7) is -0.441. The highest BCUT2D eigenvalue weighted by atomic mass is 35.5. The first-order chi connectivity index (χ1) is 10.5. The molecular formula is C15H11Cl2NO4. The van der Waals surface area contributed by atoms with Crippen LogP contribution in [0.1, 0.15) is 10.4 Å². The maximum absolute atomic E-state index is 12.1. The van der Waals surface area contributed by atoms with Gasteiger partial charge in [-0.1, -0.05) is 23.2 Å². The van der Waals surface area contributed by atoms with Gasteiger partial charge in [-0.3, -0.25) is 4.79 Å². The lowest BCUT2D eigenvalue weighted by Gasteiger charge is -2.08. The Morgan fingerprint density at radius 3 is 2.41 bits per heavy atom. The van der Waals surface area contributed by atoms with E-state index in [1.54, 1.807) is 18.2 Å². The van der Waals surface area contributed by atoms with Crippen LogP contribution in [0.3, 0.4) is 0 Å². The van der Waals surface area contributed by atoms with Crippen LogP contribution in [0.25, 0.3) is 0 Å². The monoisotopic (exact) mass is 339 g/mol. The number of hydrogen-bond donors (Lipinski definition) is 2. The van der Waals surface area contributed by atoms with Crippen LogP contribution >= 0.6 is 23.2 Å². The van der Waals surface area contributed by atoms with Gasteiger partial charge >= 0.3 is 5.97 Å². The van der Waals surface area contributed by atoms with Crippen LogP contribution in [0.2, 0.25) is 10.0 Å². The third-order valence-electron chi connectivity index (χ3n) is 2.66. The van der Waals surface area contributed by atoms with Crippen LogP contribution < -0.4 is 10.1 Å². The molecule has 7 heteroatoms. The summed E-state index contributed by atoms with van der Waals surface area (Å²) in [5, 5.41) is 12.0. The molecule has 0 saturated heterocycles. The fourth-order valence-electron chi connectivity index (χ4n) is 1.64. The molecule has 1 amide bonds. The van der Waals surface area contributed by atoms with E-state index in [4.69, 9.17) is 33.0 Å². The summed E-state index contributed by atoms with van der Waals surface area (Å²) in [5.74, 6) is -1.08. The molecule has 0 unspecified atom stereocenters. The number of carbonyl (C=O) groups is 2. The zero-order chi connectivity index (χ0) is 16.1. The molecule has 2 N–H and O–H groups in total. The van der Waals surface area contributed by atoms with Crippen molar-refractivity contribution in [3.05, 3.63) is 58.1 Å². The van der Waals surface area contributed by atoms with Gasteiger partial charge in [-0.2, -0.15) is 0 Å². The highest BCUT2D eigenvalue weighted by Gasteiger charge is 2.09. The van der Waals surface area contributed by atoms with Crippen molar-refractivity contribution in [3.8, 4) is 5.75 Å². The highest BCUT2D eigenvalue weighted by Crippen LogP contribution is 2.26. The summed E-state index contributed by atoms with van der Waals surface area (Å²) in [5.41, 5.74) is 0.782. The molecule has 22 heavy (non-hydrogen) atoms. The minimum atomic E-state index is -1.07. The fourth-order valence-corrected chi connectivity index (χ4v) is 1.97. The number of benzene rings is 2. The zero-order valence-corrected chi connectivity index (χ0v) is 12.7. The molecule has 0 aromatic heterocycles. The van der Waals surface area contributed by atoms with Crippen molar-refractivity contribution in [1.29, 1.82) is 0 Å². The van der Waals surface area contributed by atoms with Crippen molar-refractivity contribution in [2.45, 2.75) is 0 Å². The first kappa shape index (κ1) is 16.1. The summed E-state index contributed by atoms with van der Waals surface area (Å²) >= 11 is 11.8. The summed E-state index contributed by atoms with van der Waals surface area (Å²) in [7, 11) is 0. The van der Waals surface area contributed by atoms with Crippen molar-refractivity contribution < 1.29 is 19.4 Å². The van der Waals surface area contributed by atoms with Crippen LogP contribution in [0.15, 0.2) is 42.5 Å². The number of ether oxygens (including phenoxy) is 1. The van der Waals surface area contributed by atoms with Gasteiger partial charge in [0.1, 0.15) is 5.75 Å². The van der Waals surface area contributed by atoms with E-state index in [-0.39, 0.29) is 5.91 Å². The number of rotatable bonds is 5. The number of carbonyl (C=O) groups excluding carboxylic acids is 1. The van der Waals surface area contributed by atoms with Gasteiger partial charge in [-0.05, 0) is 42.5 Å². The molecule has 2 aromatic carbocycles. The topological polar surface area (TPSA) is 75.6 Å². The first-order valence-corrected chi connectivity index (χ1v) is 6.92. The second kappa shape index (κ2) is 7.15. The van der Waals surface area contributed by atoms with E-state index in [9.17, 15) is 9.59 Å². The molecule has 0 bridgehead atoms.